The summed E-state index contributed by atoms with van der Waals surface area (Å²) in [5.41, 5.74) is 24.7. The first-order chi connectivity index (χ1) is 19.9. The summed E-state index contributed by atoms with van der Waals surface area (Å²) in [5, 5.41) is 35.9. The molecule has 2 unspecified atom stereocenters. The molecule has 0 aromatic carbocycles. The zero-order valence-electron chi connectivity index (χ0n) is 20.9. The number of carbonyl (C=O) groups excluding carboxylic acids is 1. The first-order valence-corrected chi connectivity index (χ1v) is 12.6. The summed E-state index contributed by atoms with van der Waals surface area (Å²) in [6.45, 7) is -0.450. The quantitative estimate of drug-likeness (QED) is 0.0760. The molecule has 2 fully saturated rings. The van der Waals surface area contributed by atoms with Crippen LogP contribution >= 0.6 is 8.38 Å². The van der Waals surface area contributed by atoms with E-state index < -0.39 is 81.2 Å². The van der Waals surface area contributed by atoms with Crippen molar-refractivity contribution in [3.63, 3.8) is 0 Å². The summed E-state index contributed by atoms with van der Waals surface area (Å²) in [5.74, 6) is -0.0152. The molecule has 8 atom stereocenters. The third-order valence-electron chi connectivity index (χ3n) is 5.71. The summed E-state index contributed by atoms with van der Waals surface area (Å²) in [4.78, 5) is 64.2. The summed E-state index contributed by atoms with van der Waals surface area (Å²) in [6, 6.07) is 0.240. The second-order valence-corrected chi connectivity index (χ2v) is 9.22. The van der Waals surface area contributed by atoms with Crippen molar-refractivity contribution < 1.29 is 44.1 Å². The number of anilines is 2. The molecule has 9 N–H and O–H groups in total. The summed E-state index contributed by atoms with van der Waals surface area (Å²) >= 11 is 0. The summed E-state index contributed by atoms with van der Waals surface area (Å²) in [6.07, 6.45) is -5.31. The number of hydrogen-bond acceptors (Lipinski definition) is 17. The Balaban J connectivity index is 0.000000235. The van der Waals surface area contributed by atoms with Crippen LogP contribution in [-0.2, 0) is 14.2 Å². The smallest absolute Gasteiger partial charge is 0.385 e. The zero-order chi connectivity index (χ0) is 31.1. The molecule has 0 radical (unpaired) electrons. The maximum absolute atomic E-state index is 11.8. The van der Waals surface area contributed by atoms with Gasteiger partial charge in [0.1, 0.15) is 29.9 Å². The van der Waals surface area contributed by atoms with Gasteiger partial charge in [0, 0.05) is 22.2 Å². The van der Waals surface area contributed by atoms with Crippen LogP contribution in [0.25, 0.3) is 20.9 Å². The molecule has 2 aromatic rings. The van der Waals surface area contributed by atoms with Crippen molar-refractivity contribution in [1.82, 2.24) is 19.1 Å². The first-order valence-electron chi connectivity index (χ1n) is 11.4. The highest BCUT2D eigenvalue weighted by Gasteiger charge is 2.47. The second kappa shape index (κ2) is 14.0. The number of nitrogens with two attached hydrogens (primary N) is 2. The lowest BCUT2D eigenvalue weighted by Crippen LogP contribution is -2.35. The van der Waals surface area contributed by atoms with E-state index in [4.69, 9.17) is 46.9 Å². The normalized spacial score (nSPS) is 28.2. The van der Waals surface area contributed by atoms with Crippen LogP contribution in [0, 0.1) is 0 Å². The van der Waals surface area contributed by atoms with Gasteiger partial charge in [0.2, 0.25) is 6.29 Å². The van der Waals surface area contributed by atoms with E-state index in [0.717, 1.165) is 9.13 Å². The Hall–Kier alpha value is -4.40. The van der Waals surface area contributed by atoms with Gasteiger partial charge in [0.15, 0.2) is 12.5 Å². The molecule has 2 aliphatic rings. The minimum Gasteiger partial charge on any atom is -0.428 e. The van der Waals surface area contributed by atoms with Crippen LogP contribution in [0.3, 0.4) is 0 Å². The molecule has 4 rings (SSSR count). The Bertz CT molecular complexity index is 1490. The number of aliphatic hydroxyl groups excluding tert-OH is 3. The van der Waals surface area contributed by atoms with Gasteiger partial charge >= 0.3 is 17.1 Å². The third kappa shape index (κ3) is 7.08. The number of rotatable bonds is 7. The van der Waals surface area contributed by atoms with Crippen molar-refractivity contribution in [3.8, 4) is 0 Å². The maximum atomic E-state index is 11.8. The maximum Gasteiger partial charge on any atom is 0.385 e. The standard InChI is InChI=1S/C9H11N6O7P.C9H12N6O4/c10-3-1-2-15(8(17)12-3)6-5(16)4(13-14-11)7(21-6)22-9(18)23(19)20;10-5-1-2-15(9(18)12-5)8-7(17)6(13-14-11)4(3-16)19-8/h1-2,4-7,16,19-20H,(H2,10,12,17);1-2,4,6-8,16-17H,3H2,(H2,10,12,18)/t4?,5-,6-,7-;4-,6?,7-,8-/m11/s1. The molecular formula is C18H23N12O11P. The van der Waals surface area contributed by atoms with Crippen LogP contribution in [0.2, 0.25) is 0 Å². The Morgan fingerprint density at radius 3 is 1.90 bits per heavy atom. The molecule has 0 spiro atoms. The van der Waals surface area contributed by atoms with Crippen molar-refractivity contribution in [2.24, 2.45) is 10.2 Å². The molecule has 0 bridgehead atoms. The molecule has 226 valence electrons. The first kappa shape index (κ1) is 32.1. The van der Waals surface area contributed by atoms with Gasteiger partial charge in [-0.2, -0.15) is 9.97 Å². The fourth-order valence-electron chi connectivity index (χ4n) is 3.84. The number of nitrogens with zero attached hydrogens (tertiary/aromatic N) is 10. The van der Waals surface area contributed by atoms with Crippen LogP contribution < -0.4 is 22.8 Å². The predicted molar refractivity (Wildman–Crippen MR) is 136 cm³/mol. The lowest BCUT2D eigenvalue weighted by atomic mass is 10.1. The largest absolute Gasteiger partial charge is 0.428 e. The molecule has 23 nitrogen and oxygen atoms in total. The third-order valence-corrected chi connectivity index (χ3v) is 6.15. The van der Waals surface area contributed by atoms with E-state index in [1.807, 2.05) is 0 Å². The molecule has 0 aliphatic carbocycles. The van der Waals surface area contributed by atoms with Gasteiger partial charge in [-0.15, -0.1) is 0 Å². The fourth-order valence-corrected chi connectivity index (χ4v) is 4.03. The minimum atomic E-state index is -3.05. The Labute approximate surface area is 233 Å². The van der Waals surface area contributed by atoms with Crippen molar-refractivity contribution in [3.05, 3.63) is 66.4 Å². The number of carbonyl (C=O) groups is 1. The van der Waals surface area contributed by atoms with Crippen LogP contribution in [0.5, 0.6) is 0 Å². The van der Waals surface area contributed by atoms with Crippen molar-refractivity contribution in [2.45, 2.75) is 49.1 Å². The molecule has 24 heteroatoms. The predicted octanol–water partition coefficient (Wildman–Crippen LogP) is -2.09. The molecule has 4 heterocycles. The highest BCUT2D eigenvalue weighted by Crippen LogP contribution is 2.35. The number of nitrogen functional groups attached to an aromatic ring is 2. The molecular weight excluding hydrogens is 591 g/mol. The lowest BCUT2D eigenvalue weighted by Gasteiger charge is -2.17. The van der Waals surface area contributed by atoms with E-state index in [2.05, 4.69) is 34.8 Å². The van der Waals surface area contributed by atoms with Crippen LogP contribution in [0.4, 0.5) is 16.4 Å². The Morgan fingerprint density at radius 1 is 0.976 bits per heavy atom. The van der Waals surface area contributed by atoms with Gasteiger partial charge in [-0.3, -0.25) is 9.13 Å². The highest BCUT2D eigenvalue weighted by molar-refractivity contribution is 7.63. The number of hydrogen-bond donors (Lipinski definition) is 7. The van der Waals surface area contributed by atoms with Gasteiger partial charge in [0.25, 0.3) is 8.38 Å². The molecule has 0 saturated carbocycles. The fraction of sp³-hybridized carbons (Fsp3) is 0.500. The van der Waals surface area contributed by atoms with Gasteiger partial charge < -0.3 is 50.8 Å². The average Bonchev–Trinajstić information content (AvgIpc) is 3.41. The SMILES string of the molecule is [N-]=[N+]=NC1[C@@H](O)[C@H](n2ccc(N)nc2=O)O[C@@H]1CO.[N-]=[N+]=NC1[C@@H](OC(=O)P(O)O)O[C@@H](n2ccc(N)nc2=O)[C@@H]1O. The van der Waals surface area contributed by atoms with E-state index in [1.54, 1.807) is 0 Å². The topological polar surface area (TPSA) is 365 Å². The van der Waals surface area contributed by atoms with Crippen molar-refractivity contribution >= 4 is 25.7 Å². The monoisotopic (exact) mass is 614 g/mol. The molecule has 2 saturated heterocycles. The van der Waals surface area contributed by atoms with E-state index in [9.17, 15) is 24.6 Å². The number of aromatic nitrogens is 4. The molecule has 2 aromatic heterocycles. The van der Waals surface area contributed by atoms with E-state index >= 15 is 0 Å². The van der Waals surface area contributed by atoms with E-state index in [0.29, 0.717) is 0 Å². The van der Waals surface area contributed by atoms with Crippen molar-refractivity contribution in [1.29, 1.82) is 0 Å². The molecule has 42 heavy (non-hydrogen) atoms. The summed E-state index contributed by atoms with van der Waals surface area (Å²) < 4.78 is 17.0. The average molecular weight is 614 g/mol. The van der Waals surface area contributed by atoms with E-state index in [-0.39, 0.29) is 11.6 Å². The Morgan fingerprint density at radius 2 is 1.45 bits per heavy atom. The lowest BCUT2D eigenvalue weighted by molar-refractivity contribution is -0.123. The van der Waals surface area contributed by atoms with Gasteiger partial charge in [0.05, 0.1) is 18.8 Å². The molecule has 2 aliphatic heterocycles. The van der Waals surface area contributed by atoms with Gasteiger partial charge in [-0.1, -0.05) is 10.2 Å². The van der Waals surface area contributed by atoms with Crippen molar-refractivity contribution in [2.75, 3.05) is 18.1 Å². The second-order valence-electron chi connectivity index (χ2n) is 8.27. The summed E-state index contributed by atoms with van der Waals surface area (Å²) in [7, 11) is -3.05. The van der Waals surface area contributed by atoms with Gasteiger partial charge in [-0.25, -0.2) is 14.4 Å². The minimum absolute atomic E-state index is 0.0408. The number of aliphatic hydroxyl groups is 3. The highest BCUT2D eigenvalue weighted by atomic mass is 31.2. The van der Waals surface area contributed by atoms with Crippen LogP contribution in [-0.4, -0.2) is 93.2 Å². The number of ether oxygens (including phenoxy) is 3. The van der Waals surface area contributed by atoms with E-state index in [1.165, 1.54) is 24.5 Å². The molecule has 0 amide bonds. The van der Waals surface area contributed by atoms with Gasteiger partial charge in [-0.05, 0) is 23.2 Å². The number of azide groups is 2. The zero-order valence-corrected chi connectivity index (χ0v) is 21.8. The van der Waals surface area contributed by atoms with Crippen LogP contribution in [0.1, 0.15) is 12.5 Å². The Kier molecular flexibility index (Phi) is 10.7. The van der Waals surface area contributed by atoms with Crippen LogP contribution in [0.15, 0.2) is 44.3 Å².